The summed E-state index contributed by atoms with van der Waals surface area (Å²) in [6.45, 7) is 7.75. The summed E-state index contributed by atoms with van der Waals surface area (Å²) in [6.07, 6.45) is 0. The Balaban J connectivity index is 3.55. The molecule has 0 radical (unpaired) electrons. The van der Waals surface area contributed by atoms with Crippen molar-refractivity contribution in [2.45, 2.75) is 19.9 Å². The Morgan fingerprint density at radius 3 is 1.85 bits per heavy atom. The lowest BCUT2D eigenvalue weighted by Gasteiger charge is -2.28. The fourth-order valence-electron chi connectivity index (χ4n) is 0.986. The summed E-state index contributed by atoms with van der Waals surface area (Å²) in [5, 5.41) is 0. The highest BCUT2D eigenvalue weighted by atomic mass is 15.3. The highest BCUT2D eigenvalue weighted by Crippen LogP contribution is 1.95. The molecule has 0 aliphatic heterocycles. The van der Waals surface area contributed by atoms with E-state index in [0.29, 0.717) is 6.04 Å². The average Bonchev–Trinajstić information content (AvgIpc) is 2.00. The highest BCUT2D eigenvalue weighted by Gasteiger charge is 2.06. The lowest BCUT2D eigenvalue weighted by atomic mass is 10.3. The van der Waals surface area contributed by atoms with E-state index in [4.69, 9.17) is 0 Å². The van der Waals surface area contributed by atoms with Gasteiger partial charge in [-0.15, -0.1) is 0 Å². The average molecular weight is 187 g/mol. The monoisotopic (exact) mass is 187 g/mol. The molecule has 3 nitrogen and oxygen atoms in total. The van der Waals surface area contributed by atoms with Gasteiger partial charge < -0.3 is 4.90 Å². The van der Waals surface area contributed by atoms with E-state index in [-0.39, 0.29) is 0 Å². The maximum absolute atomic E-state index is 2.35. The van der Waals surface area contributed by atoms with Gasteiger partial charge in [-0.05, 0) is 42.0 Å². The van der Waals surface area contributed by atoms with Crippen LogP contribution in [0.1, 0.15) is 13.8 Å². The molecule has 0 saturated heterocycles. The van der Waals surface area contributed by atoms with Crippen LogP contribution < -0.4 is 0 Å². The Morgan fingerprint density at radius 1 is 0.923 bits per heavy atom. The first-order valence-electron chi connectivity index (χ1n) is 4.97. The Hall–Kier alpha value is -0.120. The first-order valence-corrected chi connectivity index (χ1v) is 4.97. The molecular weight excluding hydrogens is 162 g/mol. The molecule has 0 aromatic heterocycles. The van der Waals surface area contributed by atoms with Gasteiger partial charge in [0.15, 0.2) is 0 Å². The van der Waals surface area contributed by atoms with Crippen LogP contribution in [0.15, 0.2) is 0 Å². The molecule has 0 heterocycles. The number of rotatable bonds is 6. The van der Waals surface area contributed by atoms with Crippen molar-refractivity contribution in [1.29, 1.82) is 0 Å². The van der Waals surface area contributed by atoms with Crippen molar-refractivity contribution in [3.8, 4) is 0 Å². The minimum atomic E-state index is 0.627. The summed E-state index contributed by atoms with van der Waals surface area (Å²) in [7, 11) is 8.55. The van der Waals surface area contributed by atoms with Crippen molar-refractivity contribution in [3.05, 3.63) is 0 Å². The zero-order valence-electron chi connectivity index (χ0n) is 10.0. The van der Waals surface area contributed by atoms with Crippen LogP contribution in [0.3, 0.4) is 0 Å². The fraction of sp³-hybridized carbons (Fsp3) is 1.00. The molecule has 0 unspecified atom stereocenters. The quantitative estimate of drug-likeness (QED) is 0.569. The van der Waals surface area contributed by atoms with Crippen LogP contribution in [0.2, 0.25) is 0 Å². The minimum Gasteiger partial charge on any atom is -0.308 e. The molecule has 0 saturated carbocycles. The van der Waals surface area contributed by atoms with Gasteiger partial charge in [0.25, 0.3) is 0 Å². The molecule has 0 N–H and O–H groups in total. The highest BCUT2D eigenvalue weighted by molar-refractivity contribution is 4.58. The molecule has 0 aromatic rings. The molecule has 0 fully saturated rings. The summed E-state index contributed by atoms with van der Waals surface area (Å²) in [5.41, 5.74) is 0. The standard InChI is InChI=1S/C10H25N3/c1-10(2)13(6)9-12(5)8-7-11(3)4/h10H,7-9H2,1-6H3. The number of hydrogen-bond acceptors (Lipinski definition) is 3. The maximum atomic E-state index is 2.35. The third kappa shape index (κ3) is 6.99. The van der Waals surface area contributed by atoms with Crippen LogP contribution in [-0.4, -0.2) is 68.7 Å². The predicted molar refractivity (Wildman–Crippen MR) is 59.0 cm³/mol. The second kappa shape index (κ2) is 6.35. The second-order valence-electron chi connectivity index (χ2n) is 4.38. The van der Waals surface area contributed by atoms with Gasteiger partial charge in [0.1, 0.15) is 0 Å². The van der Waals surface area contributed by atoms with Crippen molar-refractivity contribution in [2.24, 2.45) is 0 Å². The van der Waals surface area contributed by atoms with E-state index in [1.54, 1.807) is 0 Å². The predicted octanol–water partition coefficient (Wildman–Crippen LogP) is 0.778. The first-order chi connectivity index (χ1) is 5.93. The van der Waals surface area contributed by atoms with Crippen molar-refractivity contribution in [1.82, 2.24) is 14.7 Å². The number of hydrogen-bond donors (Lipinski definition) is 0. The van der Waals surface area contributed by atoms with Gasteiger partial charge in [-0.3, -0.25) is 9.80 Å². The summed E-state index contributed by atoms with van der Waals surface area (Å²) >= 11 is 0. The topological polar surface area (TPSA) is 9.72 Å². The Kier molecular flexibility index (Phi) is 6.29. The molecule has 0 aromatic carbocycles. The van der Waals surface area contributed by atoms with Crippen molar-refractivity contribution in [3.63, 3.8) is 0 Å². The van der Waals surface area contributed by atoms with Crippen molar-refractivity contribution < 1.29 is 0 Å². The molecule has 80 valence electrons. The van der Waals surface area contributed by atoms with E-state index >= 15 is 0 Å². The molecule has 13 heavy (non-hydrogen) atoms. The zero-order valence-corrected chi connectivity index (χ0v) is 10.0. The van der Waals surface area contributed by atoms with Crippen molar-refractivity contribution in [2.75, 3.05) is 47.9 Å². The third-order valence-corrected chi connectivity index (χ3v) is 2.27. The van der Waals surface area contributed by atoms with E-state index < -0.39 is 0 Å². The van der Waals surface area contributed by atoms with E-state index in [9.17, 15) is 0 Å². The SMILES string of the molecule is CC(C)N(C)CN(C)CCN(C)C. The van der Waals surface area contributed by atoms with Gasteiger partial charge in [-0.25, -0.2) is 0 Å². The summed E-state index contributed by atoms with van der Waals surface area (Å²) in [5.74, 6) is 0. The lowest BCUT2D eigenvalue weighted by Crippen LogP contribution is -2.39. The minimum absolute atomic E-state index is 0.627. The third-order valence-electron chi connectivity index (χ3n) is 2.27. The van der Waals surface area contributed by atoms with Crippen LogP contribution in [-0.2, 0) is 0 Å². The Bertz CT molecular complexity index is 123. The van der Waals surface area contributed by atoms with Crippen LogP contribution in [0.5, 0.6) is 0 Å². The normalized spacial score (nSPS) is 12.5. The molecule has 0 atom stereocenters. The van der Waals surface area contributed by atoms with Gasteiger partial charge in [-0.2, -0.15) is 0 Å². The number of likely N-dealkylation sites (N-methyl/N-ethyl adjacent to an activating group) is 2. The van der Waals surface area contributed by atoms with Gasteiger partial charge in [0.2, 0.25) is 0 Å². The first kappa shape index (κ1) is 12.9. The van der Waals surface area contributed by atoms with E-state index in [1.165, 1.54) is 0 Å². The lowest BCUT2D eigenvalue weighted by molar-refractivity contribution is 0.145. The maximum Gasteiger partial charge on any atom is 0.0503 e. The van der Waals surface area contributed by atoms with Gasteiger partial charge in [0.05, 0.1) is 6.67 Å². The van der Waals surface area contributed by atoms with E-state index in [2.05, 4.69) is 56.7 Å². The summed E-state index contributed by atoms with van der Waals surface area (Å²) in [6, 6.07) is 0.627. The number of nitrogens with zero attached hydrogens (tertiary/aromatic N) is 3. The largest absolute Gasteiger partial charge is 0.308 e. The van der Waals surface area contributed by atoms with E-state index in [1.807, 2.05) is 0 Å². The molecule has 0 aliphatic carbocycles. The van der Waals surface area contributed by atoms with Crippen LogP contribution in [0.25, 0.3) is 0 Å². The smallest absolute Gasteiger partial charge is 0.0503 e. The molecule has 3 heteroatoms. The molecule has 0 amide bonds. The van der Waals surface area contributed by atoms with Crippen LogP contribution >= 0.6 is 0 Å². The van der Waals surface area contributed by atoms with Gasteiger partial charge in [0, 0.05) is 19.1 Å². The second-order valence-corrected chi connectivity index (χ2v) is 4.38. The van der Waals surface area contributed by atoms with Gasteiger partial charge >= 0.3 is 0 Å². The van der Waals surface area contributed by atoms with Crippen LogP contribution in [0, 0.1) is 0 Å². The zero-order chi connectivity index (χ0) is 10.4. The van der Waals surface area contributed by atoms with Gasteiger partial charge in [-0.1, -0.05) is 0 Å². The van der Waals surface area contributed by atoms with Crippen molar-refractivity contribution >= 4 is 0 Å². The Labute approximate surface area is 83.3 Å². The molecule has 0 aliphatic rings. The fourth-order valence-corrected chi connectivity index (χ4v) is 0.986. The molecule has 0 bridgehead atoms. The molecule has 0 rings (SSSR count). The molecule has 0 spiro atoms. The summed E-state index contributed by atoms with van der Waals surface area (Å²) in [4.78, 5) is 6.90. The Morgan fingerprint density at radius 2 is 1.46 bits per heavy atom. The molecular formula is C10H25N3. The van der Waals surface area contributed by atoms with E-state index in [0.717, 1.165) is 19.8 Å². The summed E-state index contributed by atoms with van der Waals surface area (Å²) < 4.78 is 0. The van der Waals surface area contributed by atoms with Crippen LogP contribution in [0.4, 0.5) is 0 Å².